The normalized spacial score (nSPS) is 20.9. The van der Waals surface area contributed by atoms with Crippen LogP contribution < -0.4 is 20.1 Å². The minimum Gasteiger partial charge on any atom is -0.497 e. The lowest BCUT2D eigenvalue weighted by Crippen LogP contribution is -2.25. The molecule has 4 rings (SSSR count). The number of nitrogens with one attached hydrogen (secondary N) is 2. The molecular formula is C22H25N3O5S2. The third-order valence-corrected chi connectivity index (χ3v) is 8.53. The molecule has 2 atom stereocenters. The number of rotatable bonds is 7. The van der Waals surface area contributed by atoms with Gasteiger partial charge < -0.3 is 20.1 Å². The van der Waals surface area contributed by atoms with Gasteiger partial charge in [0.25, 0.3) is 5.91 Å². The molecule has 2 aromatic rings. The van der Waals surface area contributed by atoms with Crippen molar-refractivity contribution in [3.05, 3.63) is 53.6 Å². The van der Waals surface area contributed by atoms with Crippen molar-refractivity contribution in [3.63, 3.8) is 0 Å². The summed E-state index contributed by atoms with van der Waals surface area (Å²) in [5.41, 5.74) is 2.31. The molecule has 2 aromatic carbocycles. The molecule has 2 aliphatic heterocycles. The number of amides is 1. The summed E-state index contributed by atoms with van der Waals surface area (Å²) in [6.07, 6.45) is 0.612. The molecule has 32 heavy (non-hydrogen) atoms. The summed E-state index contributed by atoms with van der Waals surface area (Å²) in [5.74, 6) is 1.63. The van der Waals surface area contributed by atoms with Crippen molar-refractivity contribution in [2.24, 2.45) is 4.99 Å². The SMILES string of the molecule is COc1ccc(OC)c(CCNC(=O)c2ccc(NC3=N[C@H]4CS(=O)(=O)C[C@H]4S3)cc2)c1. The highest BCUT2D eigenvalue weighted by molar-refractivity contribution is 8.15. The molecule has 1 saturated heterocycles. The minimum atomic E-state index is -2.96. The molecule has 2 N–H and O–H groups in total. The smallest absolute Gasteiger partial charge is 0.251 e. The molecule has 0 saturated carbocycles. The van der Waals surface area contributed by atoms with Crippen molar-refractivity contribution in [1.29, 1.82) is 0 Å². The molecule has 8 nitrogen and oxygen atoms in total. The number of aliphatic imine (C=N–C) groups is 1. The van der Waals surface area contributed by atoms with E-state index in [0.29, 0.717) is 18.5 Å². The molecule has 0 radical (unpaired) electrons. The van der Waals surface area contributed by atoms with E-state index in [0.717, 1.165) is 27.9 Å². The number of hydrogen-bond acceptors (Lipinski definition) is 8. The highest BCUT2D eigenvalue weighted by atomic mass is 32.2. The molecule has 2 aliphatic rings. The Hall–Kier alpha value is -2.72. The highest BCUT2D eigenvalue weighted by Crippen LogP contribution is 2.34. The summed E-state index contributed by atoms with van der Waals surface area (Å²) >= 11 is 1.46. The van der Waals surface area contributed by atoms with Gasteiger partial charge >= 0.3 is 0 Å². The van der Waals surface area contributed by atoms with Crippen LogP contribution in [0.15, 0.2) is 47.5 Å². The topological polar surface area (TPSA) is 106 Å². The van der Waals surface area contributed by atoms with Gasteiger partial charge in [-0.15, -0.1) is 0 Å². The third-order valence-electron chi connectivity index (χ3n) is 5.38. The van der Waals surface area contributed by atoms with E-state index >= 15 is 0 Å². The maximum atomic E-state index is 12.5. The van der Waals surface area contributed by atoms with Crippen LogP contribution in [-0.2, 0) is 16.3 Å². The summed E-state index contributed by atoms with van der Waals surface area (Å²) < 4.78 is 34.0. The molecule has 1 fully saturated rings. The van der Waals surface area contributed by atoms with E-state index in [-0.39, 0.29) is 28.7 Å². The molecule has 0 unspecified atom stereocenters. The fourth-order valence-electron chi connectivity index (χ4n) is 3.73. The van der Waals surface area contributed by atoms with E-state index in [2.05, 4.69) is 15.6 Å². The monoisotopic (exact) mass is 475 g/mol. The van der Waals surface area contributed by atoms with Gasteiger partial charge in [0.1, 0.15) is 11.5 Å². The second-order valence-corrected chi connectivity index (χ2v) is 11.0. The van der Waals surface area contributed by atoms with Crippen LogP contribution in [0.2, 0.25) is 0 Å². The first-order valence-electron chi connectivity index (χ1n) is 10.2. The van der Waals surface area contributed by atoms with E-state index < -0.39 is 9.84 Å². The summed E-state index contributed by atoms with van der Waals surface area (Å²) in [6.45, 7) is 0.460. The summed E-state index contributed by atoms with van der Waals surface area (Å²) in [7, 11) is 0.262. The molecule has 0 aliphatic carbocycles. The lowest BCUT2D eigenvalue weighted by Gasteiger charge is -2.11. The number of sulfone groups is 1. The minimum absolute atomic E-state index is 0.00393. The van der Waals surface area contributed by atoms with Crippen molar-refractivity contribution >= 4 is 38.4 Å². The van der Waals surface area contributed by atoms with Crippen molar-refractivity contribution in [2.45, 2.75) is 17.7 Å². The van der Waals surface area contributed by atoms with Crippen LogP contribution in [0, 0.1) is 0 Å². The number of anilines is 1. The van der Waals surface area contributed by atoms with E-state index in [9.17, 15) is 13.2 Å². The van der Waals surface area contributed by atoms with E-state index in [4.69, 9.17) is 9.47 Å². The summed E-state index contributed by atoms with van der Waals surface area (Å²) in [4.78, 5) is 17.0. The van der Waals surface area contributed by atoms with Crippen molar-refractivity contribution in [2.75, 3.05) is 37.6 Å². The zero-order valence-corrected chi connectivity index (χ0v) is 19.5. The molecule has 10 heteroatoms. The first-order chi connectivity index (χ1) is 15.4. The number of hydrogen-bond donors (Lipinski definition) is 2. The molecule has 0 spiro atoms. The number of carbonyl (C=O) groups is 1. The quantitative estimate of drug-likeness (QED) is 0.633. The zero-order chi connectivity index (χ0) is 22.7. The van der Waals surface area contributed by atoms with Crippen LogP contribution in [0.1, 0.15) is 15.9 Å². The fraction of sp³-hybridized carbons (Fsp3) is 0.364. The van der Waals surface area contributed by atoms with E-state index in [1.165, 1.54) is 11.8 Å². The van der Waals surface area contributed by atoms with Gasteiger partial charge in [-0.25, -0.2) is 8.42 Å². The molecule has 170 valence electrons. The second kappa shape index (κ2) is 9.41. The average molecular weight is 476 g/mol. The maximum absolute atomic E-state index is 12.5. The average Bonchev–Trinajstić information content (AvgIpc) is 3.26. The first kappa shape index (κ1) is 22.5. The molecule has 1 amide bonds. The Morgan fingerprint density at radius 2 is 1.91 bits per heavy atom. The van der Waals surface area contributed by atoms with Crippen molar-refractivity contribution in [3.8, 4) is 11.5 Å². The lowest BCUT2D eigenvalue weighted by molar-refractivity contribution is 0.0954. The fourth-order valence-corrected chi connectivity index (χ4v) is 7.41. The Bertz CT molecular complexity index is 1130. The lowest BCUT2D eigenvalue weighted by atomic mass is 10.1. The summed E-state index contributed by atoms with van der Waals surface area (Å²) in [6, 6.07) is 12.5. The Morgan fingerprint density at radius 1 is 1.12 bits per heavy atom. The zero-order valence-electron chi connectivity index (χ0n) is 17.8. The molecule has 2 heterocycles. The number of benzene rings is 2. The van der Waals surface area contributed by atoms with Crippen LogP contribution in [-0.4, -0.2) is 63.1 Å². The second-order valence-electron chi connectivity index (χ2n) is 7.62. The Morgan fingerprint density at radius 3 is 2.59 bits per heavy atom. The molecule has 0 aromatic heterocycles. The number of nitrogens with zero attached hydrogens (tertiary/aromatic N) is 1. The Labute approximate surface area is 191 Å². The standard InChI is InChI=1S/C22H25N3O5S2/c1-29-17-7-8-19(30-2)15(11-17)9-10-23-21(26)14-3-5-16(6-4-14)24-22-25-18-12-32(27,28)13-20(18)31-22/h3-8,11,18,20H,9-10,12-13H2,1-2H3,(H,23,26)(H,24,25)/t18-,20+/m0/s1. The van der Waals surface area contributed by atoms with Crippen LogP contribution >= 0.6 is 11.8 Å². The summed E-state index contributed by atoms with van der Waals surface area (Å²) in [5, 5.41) is 6.85. The van der Waals surface area contributed by atoms with Gasteiger partial charge in [0.2, 0.25) is 0 Å². The number of amidine groups is 1. The largest absolute Gasteiger partial charge is 0.497 e. The van der Waals surface area contributed by atoms with Crippen LogP contribution in [0.25, 0.3) is 0 Å². The molecule has 0 bridgehead atoms. The van der Waals surface area contributed by atoms with Gasteiger partial charge in [-0.2, -0.15) is 0 Å². The highest BCUT2D eigenvalue weighted by Gasteiger charge is 2.42. The third kappa shape index (κ3) is 5.18. The number of fused-ring (bicyclic) bond motifs is 1. The van der Waals surface area contributed by atoms with Crippen LogP contribution in [0.4, 0.5) is 5.69 Å². The van der Waals surface area contributed by atoms with Gasteiger partial charge in [0.15, 0.2) is 15.0 Å². The van der Waals surface area contributed by atoms with Gasteiger partial charge in [0.05, 0.1) is 31.8 Å². The molecular weight excluding hydrogens is 450 g/mol. The number of methoxy groups -OCH3 is 2. The van der Waals surface area contributed by atoms with E-state index in [1.54, 1.807) is 26.4 Å². The van der Waals surface area contributed by atoms with E-state index in [1.807, 2.05) is 30.3 Å². The maximum Gasteiger partial charge on any atom is 0.251 e. The van der Waals surface area contributed by atoms with Gasteiger partial charge in [-0.3, -0.25) is 9.79 Å². The first-order valence-corrected chi connectivity index (χ1v) is 12.9. The van der Waals surface area contributed by atoms with Crippen LogP contribution in [0.3, 0.4) is 0 Å². The predicted octanol–water partition coefficient (Wildman–Crippen LogP) is 2.36. The van der Waals surface area contributed by atoms with Crippen molar-refractivity contribution < 1.29 is 22.7 Å². The Balaban J connectivity index is 1.29. The van der Waals surface area contributed by atoms with Gasteiger partial charge in [-0.05, 0) is 54.4 Å². The number of ether oxygens (including phenoxy) is 2. The van der Waals surface area contributed by atoms with Gasteiger partial charge in [-0.1, -0.05) is 11.8 Å². The van der Waals surface area contributed by atoms with Crippen LogP contribution in [0.5, 0.6) is 11.5 Å². The predicted molar refractivity (Wildman–Crippen MR) is 127 cm³/mol. The number of thioether (sulfide) groups is 1. The number of carbonyl (C=O) groups excluding carboxylic acids is 1. The Kier molecular flexibility index (Phi) is 6.61. The van der Waals surface area contributed by atoms with Crippen molar-refractivity contribution in [1.82, 2.24) is 5.32 Å². The van der Waals surface area contributed by atoms with Gasteiger partial charge in [0, 0.05) is 23.0 Å².